The summed E-state index contributed by atoms with van der Waals surface area (Å²) in [6, 6.07) is 7.73. The number of hydrogen-bond donors (Lipinski definition) is 1. The highest BCUT2D eigenvalue weighted by Crippen LogP contribution is 2.26. The van der Waals surface area contributed by atoms with E-state index in [1.54, 1.807) is 0 Å². The number of halogens is 1. The van der Waals surface area contributed by atoms with E-state index < -0.39 is 0 Å². The molecule has 0 unspecified atom stereocenters. The maximum Gasteiger partial charge on any atom is 0.420 e. The number of piperidine rings is 1. The first-order valence-corrected chi connectivity index (χ1v) is 10.1. The number of aromatic nitrogens is 3. The van der Waals surface area contributed by atoms with Gasteiger partial charge in [0, 0.05) is 19.5 Å². The van der Waals surface area contributed by atoms with Crippen LogP contribution >= 0.6 is 11.6 Å². The average molecular weight is 389 g/mol. The molecule has 1 aliphatic heterocycles. The van der Waals surface area contributed by atoms with Gasteiger partial charge in [-0.25, -0.2) is 9.78 Å². The average Bonchev–Trinajstić information content (AvgIpc) is 3.19. The van der Waals surface area contributed by atoms with Gasteiger partial charge in [-0.3, -0.25) is 9.47 Å². The number of nitrogens with zero attached hydrogens (tertiary/aromatic N) is 3. The molecule has 1 atom stereocenters. The van der Waals surface area contributed by atoms with Gasteiger partial charge in [0.2, 0.25) is 0 Å². The quantitative estimate of drug-likeness (QED) is 0.688. The van der Waals surface area contributed by atoms with Crippen LogP contribution in [0.25, 0.3) is 11.1 Å². The summed E-state index contributed by atoms with van der Waals surface area (Å²) >= 11 is 6.34. The van der Waals surface area contributed by atoms with Gasteiger partial charge >= 0.3 is 5.76 Å². The number of imidazole rings is 1. The second-order valence-corrected chi connectivity index (χ2v) is 7.65. The van der Waals surface area contributed by atoms with E-state index in [0.717, 1.165) is 68.8 Å². The zero-order valence-electron chi connectivity index (χ0n) is 15.6. The predicted molar refractivity (Wildman–Crippen MR) is 106 cm³/mol. The van der Waals surface area contributed by atoms with Crippen molar-refractivity contribution in [1.82, 2.24) is 19.4 Å². The second-order valence-electron chi connectivity index (χ2n) is 7.29. The first-order valence-electron chi connectivity index (χ1n) is 9.71. The molecule has 7 heteroatoms. The lowest BCUT2D eigenvalue weighted by Gasteiger charge is -2.32. The molecule has 0 radical (unpaired) electrons. The largest absolute Gasteiger partial charge is 0.420 e. The first kappa shape index (κ1) is 18.3. The highest BCUT2D eigenvalue weighted by atomic mass is 35.5. The van der Waals surface area contributed by atoms with E-state index in [1.807, 2.05) is 28.8 Å². The van der Waals surface area contributed by atoms with Gasteiger partial charge in [-0.05, 0) is 37.9 Å². The smallest absolute Gasteiger partial charge is 0.408 e. The molecular weight excluding hydrogens is 364 g/mol. The van der Waals surface area contributed by atoms with E-state index in [1.165, 1.54) is 0 Å². The van der Waals surface area contributed by atoms with E-state index in [9.17, 15) is 4.79 Å². The Hall–Kier alpha value is -2.05. The number of para-hydroxylation sites is 2. The van der Waals surface area contributed by atoms with Crippen molar-refractivity contribution in [2.45, 2.75) is 51.6 Å². The van der Waals surface area contributed by atoms with Crippen molar-refractivity contribution in [1.29, 1.82) is 0 Å². The fourth-order valence-electron chi connectivity index (χ4n) is 3.95. The van der Waals surface area contributed by atoms with E-state index in [4.69, 9.17) is 16.0 Å². The van der Waals surface area contributed by atoms with Crippen molar-refractivity contribution in [2.24, 2.45) is 0 Å². The molecule has 0 aliphatic carbocycles. The van der Waals surface area contributed by atoms with Crippen molar-refractivity contribution in [2.75, 3.05) is 13.1 Å². The number of oxazole rings is 1. The lowest BCUT2D eigenvalue weighted by atomic mass is 10.0. The Balaban J connectivity index is 1.51. The predicted octanol–water partition coefficient (Wildman–Crippen LogP) is 4.15. The van der Waals surface area contributed by atoms with Crippen LogP contribution in [0.2, 0.25) is 5.15 Å². The minimum absolute atomic E-state index is 0.108. The molecule has 1 saturated heterocycles. The first-order chi connectivity index (χ1) is 13.2. The third-order valence-corrected chi connectivity index (χ3v) is 5.60. The number of benzene rings is 1. The molecule has 0 amide bonds. The van der Waals surface area contributed by atoms with Crippen molar-refractivity contribution in [3.05, 3.63) is 51.5 Å². The molecule has 2 aromatic heterocycles. The Morgan fingerprint density at radius 2 is 2.22 bits per heavy atom. The standard InChI is InChI=1S/C20H25ClN4O2/c1-2-3-10-18-22-15(19(21)23-18)13-24-11-6-7-14(12-24)25-16-8-4-5-9-17(16)27-20(25)26/h4-5,8-9,14H,2-3,6-7,10-13H2,1H3,(H,22,23)/t14-/m0/s1. The van der Waals surface area contributed by atoms with Gasteiger partial charge in [-0.2, -0.15) is 0 Å². The molecule has 0 bridgehead atoms. The van der Waals surface area contributed by atoms with E-state index >= 15 is 0 Å². The molecule has 27 heavy (non-hydrogen) atoms. The van der Waals surface area contributed by atoms with Crippen LogP contribution in [0, 0.1) is 0 Å². The Bertz CT molecular complexity index is 974. The zero-order valence-corrected chi connectivity index (χ0v) is 16.3. The van der Waals surface area contributed by atoms with Gasteiger partial charge in [0.05, 0.1) is 17.3 Å². The molecule has 0 saturated carbocycles. The van der Waals surface area contributed by atoms with Crippen LogP contribution < -0.4 is 5.76 Å². The van der Waals surface area contributed by atoms with Crippen molar-refractivity contribution in [3.8, 4) is 0 Å². The second kappa shape index (κ2) is 7.90. The van der Waals surface area contributed by atoms with Crippen LogP contribution in [0.4, 0.5) is 0 Å². The topological polar surface area (TPSA) is 67.1 Å². The molecule has 1 aliphatic rings. The van der Waals surface area contributed by atoms with Crippen molar-refractivity contribution in [3.63, 3.8) is 0 Å². The van der Waals surface area contributed by atoms with Crippen LogP contribution in [0.1, 0.15) is 50.2 Å². The summed E-state index contributed by atoms with van der Waals surface area (Å²) in [5, 5.41) is 0.564. The molecule has 1 aromatic carbocycles. The number of nitrogens with one attached hydrogen (secondary N) is 1. The van der Waals surface area contributed by atoms with Crippen LogP contribution in [0.15, 0.2) is 33.5 Å². The Morgan fingerprint density at radius 1 is 1.37 bits per heavy atom. The number of unbranched alkanes of at least 4 members (excludes halogenated alkanes) is 1. The maximum absolute atomic E-state index is 12.4. The van der Waals surface area contributed by atoms with E-state index in [-0.39, 0.29) is 11.8 Å². The third kappa shape index (κ3) is 3.82. The normalized spacial score (nSPS) is 18.4. The van der Waals surface area contributed by atoms with Crippen molar-refractivity contribution < 1.29 is 4.42 Å². The van der Waals surface area contributed by atoms with Gasteiger partial charge in [0.25, 0.3) is 0 Å². The maximum atomic E-state index is 12.4. The van der Waals surface area contributed by atoms with Gasteiger partial charge in [-0.1, -0.05) is 37.1 Å². The number of fused-ring (bicyclic) bond motifs is 1. The number of H-pyrrole nitrogens is 1. The number of rotatable bonds is 6. The SMILES string of the molecule is CCCCc1nc(Cl)c(CN2CCC[C@H](n3c(=O)oc4ccccc43)C2)[nH]1. The van der Waals surface area contributed by atoms with Crippen LogP contribution in [0.5, 0.6) is 0 Å². The molecular formula is C20H25ClN4O2. The third-order valence-electron chi connectivity index (χ3n) is 5.29. The minimum Gasteiger partial charge on any atom is -0.408 e. The number of hydrogen-bond acceptors (Lipinski definition) is 4. The molecule has 0 spiro atoms. The summed E-state index contributed by atoms with van der Waals surface area (Å²) < 4.78 is 7.23. The van der Waals surface area contributed by atoms with E-state index in [0.29, 0.717) is 10.7 Å². The summed E-state index contributed by atoms with van der Waals surface area (Å²) in [5.74, 6) is 0.687. The lowest BCUT2D eigenvalue weighted by molar-refractivity contribution is 0.166. The number of aromatic amines is 1. The molecule has 4 rings (SSSR count). The Kier molecular flexibility index (Phi) is 5.36. The number of likely N-dealkylation sites (tertiary alicyclic amines) is 1. The molecule has 6 nitrogen and oxygen atoms in total. The van der Waals surface area contributed by atoms with E-state index in [2.05, 4.69) is 21.8 Å². The van der Waals surface area contributed by atoms with Gasteiger partial charge < -0.3 is 9.40 Å². The summed E-state index contributed by atoms with van der Waals surface area (Å²) in [5.41, 5.74) is 2.49. The Morgan fingerprint density at radius 3 is 3.07 bits per heavy atom. The lowest BCUT2D eigenvalue weighted by Crippen LogP contribution is -2.38. The molecule has 144 valence electrons. The molecule has 3 heterocycles. The molecule has 1 fully saturated rings. The van der Waals surface area contributed by atoms with Gasteiger partial charge in [0.1, 0.15) is 5.82 Å². The van der Waals surface area contributed by atoms with Crippen LogP contribution in [-0.4, -0.2) is 32.5 Å². The summed E-state index contributed by atoms with van der Waals surface area (Å²) in [7, 11) is 0. The molecule has 1 N–H and O–H groups in total. The monoisotopic (exact) mass is 388 g/mol. The highest BCUT2D eigenvalue weighted by molar-refractivity contribution is 6.30. The highest BCUT2D eigenvalue weighted by Gasteiger charge is 2.26. The van der Waals surface area contributed by atoms with Crippen molar-refractivity contribution >= 4 is 22.7 Å². The molecule has 3 aromatic rings. The summed E-state index contributed by atoms with van der Waals surface area (Å²) in [6.45, 7) is 4.67. The Labute approximate surface area is 163 Å². The minimum atomic E-state index is -0.274. The fraction of sp³-hybridized carbons (Fsp3) is 0.500. The number of aryl methyl sites for hydroxylation is 1. The zero-order chi connectivity index (χ0) is 18.8. The van der Waals surface area contributed by atoms with Gasteiger partial charge in [-0.15, -0.1) is 0 Å². The fourth-order valence-corrected chi connectivity index (χ4v) is 4.16. The van der Waals surface area contributed by atoms with Crippen LogP contribution in [-0.2, 0) is 13.0 Å². The van der Waals surface area contributed by atoms with Crippen LogP contribution in [0.3, 0.4) is 0 Å². The summed E-state index contributed by atoms with van der Waals surface area (Å²) in [4.78, 5) is 22.6. The summed E-state index contributed by atoms with van der Waals surface area (Å²) in [6.07, 6.45) is 5.17. The van der Waals surface area contributed by atoms with Gasteiger partial charge in [0.15, 0.2) is 10.7 Å².